The number of piperidine rings is 1. The van der Waals surface area contributed by atoms with Crippen molar-refractivity contribution >= 4 is 17.7 Å². The predicted molar refractivity (Wildman–Crippen MR) is 165 cm³/mol. The van der Waals surface area contributed by atoms with Gasteiger partial charge in [-0.15, -0.1) is 0 Å². The van der Waals surface area contributed by atoms with Crippen molar-refractivity contribution in [1.29, 1.82) is 5.26 Å². The predicted octanol–water partition coefficient (Wildman–Crippen LogP) is 1.66. The van der Waals surface area contributed by atoms with Crippen LogP contribution in [0.1, 0.15) is 94.9 Å². The first-order chi connectivity index (χ1) is 21.4. The molecule has 234 valence electrons. The molecule has 2 aromatic carbocycles. The van der Waals surface area contributed by atoms with Crippen molar-refractivity contribution < 1.29 is 14.4 Å². The van der Waals surface area contributed by atoms with Crippen molar-refractivity contribution in [3.8, 4) is 6.07 Å². The SMILES string of the molecule is CC(C)n1nc(C2(C[C@@H](C)NCC(=O)N3[C@H](C#N)C[C@@H]4C[C@@H]43)c3ccc(C(N)=O)cc3CCc3cc(C(N)=O)ccc32)[nH]c1=O. The molecule has 1 saturated heterocycles. The molecule has 45 heavy (non-hydrogen) atoms. The molecule has 2 heterocycles. The maximum Gasteiger partial charge on any atom is 0.343 e. The average molecular weight is 611 g/mol. The number of nitrogens with zero attached hydrogens (tertiary/aromatic N) is 4. The van der Waals surface area contributed by atoms with Gasteiger partial charge in [-0.25, -0.2) is 9.48 Å². The van der Waals surface area contributed by atoms with Gasteiger partial charge in [-0.1, -0.05) is 12.1 Å². The van der Waals surface area contributed by atoms with E-state index in [4.69, 9.17) is 16.6 Å². The summed E-state index contributed by atoms with van der Waals surface area (Å²) in [5, 5.41) is 17.8. The zero-order valence-corrected chi connectivity index (χ0v) is 25.7. The van der Waals surface area contributed by atoms with Crippen LogP contribution in [0.25, 0.3) is 0 Å². The summed E-state index contributed by atoms with van der Waals surface area (Å²) in [4.78, 5) is 55.8. The number of aromatic nitrogens is 3. The Balaban J connectivity index is 1.47. The van der Waals surface area contributed by atoms with E-state index in [9.17, 15) is 24.4 Å². The normalized spacial score (nSPS) is 21.7. The first kappa shape index (κ1) is 30.3. The Kier molecular flexibility index (Phi) is 7.61. The second kappa shape index (κ2) is 11.3. The maximum atomic E-state index is 13.3. The molecule has 3 aliphatic rings. The fourth-order valence-corrected chi connectivity index (χ4v) is 7.42. The van der Waals surface area contributed by atoms with Crippen molar-refractivity contribution in [3.63, 3.8) is 0 Å². The number of benzene rings is 2. The summed E-state index contributed by atoms with van der Waals surface area (Å²) in [5.74, 6) is -0.384. The van der Waals surface area contributed by atoms with Crippen LogP contribution in [-0.4, -0.2) is 62.1 Å². The van der Waals surface area contributed by atoms with Gasteiger partial charge in [-0.3, -0.25) is 19.4 Å². The zero-order valence-electron chi connectivity index (χ0n) is 25.7. The van der Waals surface area contributed by atoms with Crippen LogP contribution in [-0.2, 0) is 23.1 Å². The number of H-pyrrole nitrogens is 1. The molecule has 3 amide bonds. The first-order valence-electron chi connectivity index (χ1n) is 15.4. The molecular formula is C33H38N8O4. The lowest BCUT2D eigenvalue weighted by molar-refractivity contribution is -0.131. The van der Waals surface area contributed by atoms with Crippen LogP contribution >= 0.6 is 0 Å². The Hall–Kier alpha value is -4.76. The van der Waals surface area contributed by atoms with E-state index >= 15 is 0 Å². The van der Waals surface area contributed by atoms with Gasteiger partial charge < -0.3 is 21.7 Å². The molecule has 1 aromatic heterocycles. The Bertz CT molecular complexity index is 1730. The summed E-state index contributed by atoms with van der Waals surface area (Å²) in [6, 6.07) is 12.2. The summed E-state index contributed by atoms with van der Waals surface area (Å²) in [6.07, 6.45) is 3.12. The number of amides is 3. The van der Waals surface area contributed by atoms with Crippen LogP contribution in [0.15, 0.2) is 41.2 Å². The summed E-state index contributed by atoms with van der Waals surface area (Å²) >= 11 is 0. The molecule has 2 aliphatic carbocycles. The van der Waals surface area contributed by atoms with Crippen LogP contribution in [0.2, 0.25) is 0 Å². The minimum atomic E-state index is -1.05. The van der Waals surface area contributed by atoms with Gasteiger partial charge in [0.1, 0.15) is 11.9 Å². The third-order valence-corrected chi connectivity index (χ3v) is 9.65. The van der Waals surface area contributed by atoms with Gasteiger partial charge in [-0.2, -0.15) is 10.4 Å². The Morgan fingerprint density at radius 1 is 1.04 bits per heavy atom. The maximum absolute atomic E-state index is 13.3. The minimum Gasteiger partial charge on any atom is -0.366 e. The monoisotopic (exact) mass is 610 g/mol. The minimum absolute atomic E-state index is 0.0521. The number of rotatable bonds is 9. The van der Waals surface area contributed by atoms with Crippen LogP contribution in [0.4, 0.5) is 0 Å². The van der Waals surface area contributed by atoms with E-state index < -0.39 is 23.3 Å². The van der Waals surface area contributed by atoms with E-state index in [1.54, 1.807) is 29.2 Å². The van der Waals surface area contributed by atoms with Crippen molar-refractivity contribution in [2.45, 2.75) is 82.5 Å². The molecule has 0 spiro atoms. The highest BCUT2D eigenvalue weighted by molar-refractivity contribution is 5.94. The van der Waals surface area contributed by atoms with Crippen LogP contribution in [0, 0.1) is 17.2 Å². The Morgan fingerprint density at radius 3 is 2.16 bits per heavy atom. The molecule has 12 heteroatoms. The van der Waals surface area contributed by atoms with Crippen molar-refractivity contribution in [1.82, 2.24) is 25.0 Å². The van der Waals surface area contributed by atoms with E-state index in [2.05, 4.69) is 16.4 Å². The molecule has 1 saturated carbocycles. The molecule has 2 fully saturated rings. The number of nitrogens with two attached hydrogens (primary N) is 2. The highest BCUT2D eigenvalue weighted by atomic mass is 16.2. The van der Waals surface area contributed by atoms with Crippen LogP contribution < -0.4 is 22.5 Å². The number of hydrogen-bond acceptors (Lipinski definition) is 7. The average Bonchev–Trinajstić information content (AvgIpc) is 3.53. The van der Waals surface area contributed by atoms with E-state index in [1.807, 2.05) is 32.9 Å². The quantitative estimate of drug-likeness (QED) is 0.283. The van der Waals surface area contributed by atoms with Crippen molar-refractivity contribution in [3.05, 3.63) is 86.1 Å². The highest BCUT2D eigenvalue weighted by Crippen LogP contribution is 2.48. The van der Waals surface area contributed by atoms with Crippen molar-refractivity contribution in [2.24, 2.45) is 17.4 Å². The number of carbonyl (C=O) groups is 3. The van der Waals surface area contributed by atoms with Gasteiger partial charge in [0.2, 0.25) is 17.7 Å². The van der Waals surface area contributed by atoms with E-state index in [0.29, 0.717) is 42.1 Å². The van der Waals surface area contributed by atoms with Crippen LogP contribution in [0.5, 0.6) is 0 Å². The second-order valence-corrected chi connectivity index (χ2v) is 12.9. The third-order valence-electron chi connectivity index (χ3n) is 9.65. The van der Waals surface area contributed by atoms with Gasteiger partial charge in [0, 0.05) is 23.2 Å². The second-order valence-electron chi connectivity index (χ2n) is 12.9. The van der Waals surface area contributed by atoms with Crippen molar-refractivity contribution in [2.75, 3.05) is 6.54 Å². The summed E-state index contributed by atoms with van der Waals surface area (Å²) in [5.41, 5.74) is 14.1. The molecule has 6 rings (SSSR count). The molecule has 4 atom stereocenters. The Labute approximate surface area is 260 Å². The number of primary amides is 2. The van der Waals surface area contributed by atoms with E-state index in [-0.39, 0.29) is 36.3 Å². The summed E-state index contributed by atoms with van der Waals surface area (Å²) in [7, 11) is 0. The lowest BCUT2D eigenvalue weighted by atomic mass is 9.67. The van der Waals surface area contributed by atoms with E-state index in [0.717, 1.165) is 35.1 Å². The lowest BCUT2D eigenvalue weighted by Crippen LogP contribution is -2.46. The Morgan fingerprint density at radius 2 is 1.64 bits per heavy atom. The largest absolute Gasteiger partial charge is 0.366 e. The number of aryl methyl sites for hydroxylation is 2. The fraction of sp³-hybridized carbons (Fsp3) is 0.455. The highest BCUT2D eigenvalue weighted by Gasteiger charge is 2.54. The molecular weight excluding hydrogens is 572 g/mol. The molecule has 0 radical (unpaired) electrons. The molecule has 1 aliphatic heterocycles. The van der Waals surface area contributed by atoms with Gasteiger partial charge in [0.15, 0.2) is 0 Å². The third kappa shape index (κ3) is 5.21. The number of carbonyl (C=O) groups excluding carboxylic acids is 3. The van der Waals surface area contributed by atoms with Gasteiger partial charge >= 0.3 is 5.69 Å². The zero-order chi connectivity index (χ0) is 32.2. The molecule has 12 nitrogen and oxygen atoms in total. The number of nitriles is 1. The number of nitrogens with one attached hydrogen (secondary N) is 2. The molecule has 0 bridgehead atoms. The van der Waals surface area contributed by atoms with E-state index in [1.165, 1.54) is 4.68 Å². The number of aromatic amines is 1. The first-order valence-corrected chi connectivity index (χ1v) is 15.4. The standard InChI is InChI=1S/C33H38N8O4/c1-17(2)41-32(45)38-31(39-41)33(14-18(3)37-16-28(42)40-24(15-34)12-23-13-27(23)40)25-8-6-21(29(35)43)10-19(25)4-5-20-11-22(30(36)44)7-9-26(20)33/h6-11,17-18,23-24,27,37H,4-5,12-14,16H2,1-3H3,(H2,35,43)(H2,36,44)(H,38,39,45)/t18-,23-,24+,27+/m1/s1. The van der Waals surface area contributed by atoms with Crippen LogP contribution in [0.3, 0.4) is 0 Å². The molecule has 6 N–H and O–H groups in total. The number of likely N-dealkylation sites (tertiary alicyclic amines) is 1. The summed E-state index contributed by atoms with van der Waals surface area (Å²) in [6.45, 7) is 5.77. The van der Waals surface area contributed by atoms with Gasteiger partial charge in [0.25, 0.3) is 0 Å². The topological polar surface area (TPSA) is 193 Å². The lowest BCUT2D eigenvalue weighted by Gasteiger charge is -2.37. The number of fused-ring (bicyclic) bond motifs is 3. The summed E-state index contributed by atoms with van der Waals surface area (Å²) < 4.78 is 1.40. The van der Waals surface area contributed by atoms with Gasteiger partial charge in [0.05, 0.1) is 24.1 Å². The fourth-order valence-electron chi connectivity index (χ4n) is 7.42. The molecule has 0 unspecified atom stereocenters. The number of hydrogen-bond donors (Lipinski definition) is 4. The van der Waals surface area contributed by atoms with Gasteiger partial charge in [-0.05, 0) is 105 Å². The smallest absolute Gasteiger partial charge is 0.343 e. The molecule has 3 aromatic rings.